The number of hydrogen-bond donors (Lipinski definition) is 1. The maximum Gasteiger partial charge on any atom is 0.416 e. The van der Waals surface area contributed by atoms with Gasteiger partial charge >= 0.3 is 6.18 Å². The molecule has 7 heteroatoms. The predicted molar refractivity (Wildman–Crippen MR) is 101 cm³/mol. The first kappa shape index (κ1) is 18.0. The number of aromatic nitrogens is 1. The molecule has 0 saturated heterocycles. The van der Waals surface area contributed by atoms with Gasteiger partial charge in [-0.2, -0.15) is 13.2 Å². The Hall–Kier alpha value is -3.35. The monoisotopic (exact) mass is 383 g/mol. The van der Waals surface area contributed by atoms with Crippen LogP contribution in [-0.2, 0) is 12.6 Å². The molecule has 0 aliphatic carbocycles. The molecule has 1 aliphatic rings. The fourth-order valence-corrected chi connectivity index (χ4v) is 3.22. The second kappa shape index (κ2) is 6.99. The van der Waals surface area contributed by atoms with Crippen molar-refractivity contribution < 1.29 is 18.0 Å². The molecule has 0 saturated carbocycles. The summed E-state index contributed by atoms with van der Waals surface area (Å²) in [6.07, 6.45) is -2.16. The highest BCUT2D eigenvalue weighted by Gasteiger charge is 2.30. The standard InChI is InChI=1S/C21H16F3N3O/c22-21(23,24)15-5-3-6-16(12-15)26-17-8-9-18(25-13-17)20(28)27-11-10-14-4-1-2-7-19(14)27/h1-9,12-13,26H,10-11H2. The summed E-state index contributed by atoms with van der Waals surface area (Å²) >= 11 is 0. The van der Waals surface area contributed by atoms with Crippen molar-refractivity contribution in [3.05, 3.63) is 83.7 Å². The number of nitrogens with zero attached hydrogens (tertiary/aromatic N) is 2. The van der Waals surface area contributed by atoms with Crippen LogP contribution in [0.25, 0.3) is 0 Å². The Bertz CT molecular complexity index is 1020. The van der Waals surface area contributed by atoms with Gasteiger partial charge in [-0.3, -0.25) is 4.79 Å². The summed E-state index contributed by atoms with van der Waals surface area (Å²) in [6, 6.07) is 15.8. The van der Waals surface area contributed by atoms with Gasteiger partial charge in [0.05, 0.1) is 17.4 Å². The Morgan fingerprint density at radius 1 is 1.00 bits per heavy atom. The van der Waals surface area contributed by atoms with Crippen LogP contribution in [0.15, 0.2) is 66.9 Å². The zero-order chi connectivity index (χ0) is 19.7. The van der Waals surface area contributed by atoms with Crippen molar-refractivity contribution in [2.24, 2.45) is 0 Å². The Kier molecular flexibility index (Phi) is 4.50. The molecule has 1 N–H and O–H groups in total. The summed E-state index contributed by atoms with van der Waals surface area (Å²) < 4.78 is 38.5. The number of carbonyl (C=O) groups excluding carboxylic acids is 1. The molecule has 4 rings (SSSR count). The molecule has 0 bridgehead atoms. The molecular formula is C21H16F3N3O. The number of rotatable bonds is 3. The van der Waals surface area contributed by atoms with E-state index in [1.165, 1.54) is 18.3 Å². The normalized spacial score (nSPS) is 13.3. The first-order chi connectivity index (χ1) is 13.4. The smallest absolute Gasteiger partial charge is 0.354 e. The van der Waals surface area contributed by atoms with Gasteiger partial charge < -0.3 is 10.2 Å². The predicted octanol–water partition coefficient (Wildman–Crippen LogP) is 5.05. The fraction of sp³-hybridized carbons (Fsp3) is 0.143. The van der Waals surface area contributed by atoms with Crippen LogP contribution in [0.4, 0.5) is 30.2 Å². The van der Waals surface area contributed by atoms with E-state index in [0.29, 0.717) is 17.9 Å². The van der Waals surface area contributed by atoms with Gasteiger partial charge in [-0.1, -0.05) is 24.3 Å². The first-order valence-electron chi connectivity index (χ1n) is 8.72. The molecule has 0 atom stereocenters. The molecule has 0 spiro atoms. The zero-order valence-corrected chi connectivity index (χ0v) is 14.7. The maximum absolute atomic E-state index is 12.8. The molecule has 0 radical (unpaired) electrons. The molecule has 28 heavy (non-hydrogen) atoms. The van der Waals surface area contributed by atoms with Crippen LogP contribution in [0.5, 0.6) is 0 Å². The van der Waals surface area contributed by atoms with Crippen molar-refractivity contribution in [1.82, 2.24) is 4.98 Å². The van der Waals surface area contributed by atoms with Crippen LogP contribution < -0.4 is 10.2 Å². The molecule has 3 aromatic rings. The van der Waals surface area contributed by atoms with Crippen molar-refractivity contribution in [2.45, 2.75) is 12.6 Å². The SMILES string of the molecule is O=C(c1ccc(Nc2cccc(C(F)(F)F)c2)cn1)N1CCc2ccccc21. The van der Waals surface area contributed by atoms with E-state index >= 15 is 0 Å². The minimum Gasteiger partial charge on any atom is -0.354 e. The lowest BCUT2D eigenvalue weighted by molar-refractivity contribution is -0.137. The lowest BCUT2D eigenvalue weighted by Gasteiger charge is -2.17. The zero-order valence-electron chi connectivity index (χ0n) is 14.7. The summed E-state index contributed by atoms with van der Waals surface area (Å²) in [5.74, 6) is -0.199. The molecule has 142 valence electrons. The van der Waals surface area contributed by atoms with E-state index in [1.54, 1.807) is 17.0 Å². The average molecular weight is 383 g/mol. The number of nitrogens with one attached hydrogen (secondary N) is 1. The van der Waals surface area contributed by atoms with Crippen LogP contribution in [0.2, 0.25) is 0 Å². The number of hydrogen-bond acceptors (Lipinski definition) is 3. The van der Waals surface area contributed by atoms with Crippen LogP contribution in [0, 0.1) is 0 Å². The number of carbonyl (C=O) groups is 1. The number of anilines is 3. The van der Waals surface area contributed by atoms with Gasteiger partial charge in [-0.15, -0.1) is 0 Å². The Morgan fingerprint density at radius 2 is 1.82 bits per heavy atom. The largest absolute Gasteiger partial charge is 0.416 e. The van der Waals surface area contributed by atoms with Crippen LogP contribution in [0.3, 0.4) is 0 Å². The average Bonchev–Trinajstić information content (AvgIpc) is 3.12. The van der Waals surface area contributed by atoms with Crippen molar-refractivity contribution in [3.63, 3.8) is 0 Å². The van der Waals surface area contributed by atoms with Crippen molar-refractivity contribution in [2.75, 3.05) is 16.8 Å². The van der Waals surface area contributed by atoms with Crippen LogP contribution in [0.1, 0.15) is 21.6 Å². The number of benzene rings is 2. The number of amides is 1. The minimum atomic E-state index is -4.40. The van der Waals surface area contributed by atoms with Crippen molar-refractivity contribution in [1.29, 1.82) is 0 Å². The molecule has 1 aromatic heterocycles. The highest BCUT2D eigenvalue weighted by Crippen LogP contribution is 2.32. The number of pyridine rings is 1. The lowest BCUT2D eigenvalue weighted by Crippen LogP contribution is -2.29. The Balaban J connectivity index is 1.50. The summed E-state index contributed by atoms with van der Waals surface area (Å²) in [5.41, 5.74) is 2.36. The summed E-state index contributed by atoms with van der Waals surface area (Å²) in [5, 5.41) is 2.88. The maximum atomic E-state index is 12.8. The van der Waals surface area contributed by atoms with Gasteiger partial charge in [0.1, 0.15) is 5.69 Å². The highest BCUT2D eigenvalue weighted by atomic mass is 19.4. The summed E-state index contributed by atoms with van der Waals surface area (Å²) in [6.45, 7) is 0.601. The third-order valence-electron chi connectivity index (χ3n) is 4.59. The van der Waals surface area contributed by atoms with E-state index in [0.717, 1.165) is 29.8 Å². The number of halogens is 3. The molecule has 0 unspecified atom stereocenters. The Labute approximate surface area is 159 Å². The number of alkyl halides is 3. The van der Waals surface area contributed by atoms with E-state index in [9.17, 15) is 18.0 Å². The quantitative estimate of drug-likeness (QED) is 0.689. The first-order valence-corrected chi connectivity index (χ1v) is 8.72. The topological polar surface area (TPSA) is 45.2 Å². The number of fused-ring (bicyclic) bond motifs is 1. The van der Waals surface area contributed by atoms with Crippen LogP contribution >= 0.6 is 0 Å². The molecule has 0 fully saturated rings. The van der Waals surface area contributed by atoms with E-state index in [1.807, 2.05) is 24.3 Å². The lowest BCUT2D eigenvalue weighted by atomic mass is 10.2. The van der Waals surface area contributed by atoms with Gasteiger partial charge in [0, 0.05) is 17.9 Å². The molecular weight excluding hydrogens is 367 g/mol. The van der Waals surface area contributed by atoms with Crippen molar-refractivity contribution >= 4 is 23.0 Å². The molecule has 1 aliphatic heterocycles. The van der Waals surface area contributed by atoms with Gasteiger partial charge in [-0.05, 0) is 48.4 Å². The molecule has 2 aromatic carbocycles. The van der Waals surface area contributed by atoms with E-state index in [-0.39, 0.29) is 11.6 Å². The Morgan fingerprint density at radius 3 is 2.57 bits per heavy atom. The minimum absolute atomic E-state index is 0.199. The number of para-hydroxylation sites is 1. The molecule has 2 heterocycles. The highest BCUT2D eigenvalue weighted by molar-refractivity contribution is 6.06. The third-order valence-corrected chi connectivity index (χ3v) is 4.59. The summed E-state index contributed by atoms with van der Waals surface area (Å²) in [4.78, 5) is 18.6. The van der Waals surface area contributed by atoms with E-state index < -0.39 is 11.7 Å². The summed E-state index contributed by atoms with van der Waals surface area (Å²) in [7, 11) is 0. The third kappa shape index (κ3) is 3.55. The fourth-order valence-electron chi connectivity index (χ4n) is 3.22. The van der Waals surface area contributed by atoms with Gasteiger partial charge in [0.15, 0.2) is 0 Å². The second-order valence-corrected chi connectivity index (χ2v) is 6.47. The van der Waals surface area contributed by atoms with E-state index in [4.69, 9.17) is 0 Å². The second-order valence-electron chi connectivity index (χ2n) is 6.47. The van der Waals surface area contributed by atoms with Gasteiger partial charge in [-0.25, -0.2) is 4.98 Å². The van der Waals surface area contributed by atoms with Gasteiger partial charge in [0.2, 0.25) is 0 Å². The molecule has 1 amide bonds. The van der Waals surface area contributed by atoms with Crippen molar-refractivity contribution in [3.8, 4) is 0 Å². The van der Waals surface area contributed by atoms with Crippen LogP contribution in [-0.4, -0.2) is 17.4 Å². The van der Waals surface area contributed by atoms with E-state index in [2.05, 4.69) is 10.3 Å². The molecule has 4 nitrogen and oxygen atoms in total. The van der Waals surface area contributed by atoms with Gasteiger partial charge in [0.25, 0.3) is 5.91 Å².